The van der Waals surface area contributed by atoms with Crippen molar-refractivity contribution in [3.8, 4) is 0 Å². The maximum Gasteiger partial charge on any atom is 0.306 e. The van der Waals surface area contributed by atoms with Crippen LogP contribution in [0.5, 0.6) is 0 Å². The molecule has 1 unspecified atom stereocenters. The van der Waals surface area contributed by atoms with Crippen molar-refractivity contribution >= 4 is 17.9 Å². The van der Waals surface area contributed by atoms with E-state index < -0.39 is 6.10 Å². The molecule has 0 saturated heterocycles. The van der Waals surface area contributed by atoms with Gasteiger partial charge in [-0.2, -0.15) is 0 Å². The van der Waals surface area contributed by atoms with Gasteiger partial charge in [0.05, 0.1) is 0 Å². The summed E-state index contributed by atoms with van der Waals surface area (Å²) in [4.78, 5) is 37.9. The van der Waals surface area contributed by atoms with Crippen molar-refractivity contribution in [2.45, 2.75) is 252 Å². The lowest BCUT2D eigenvalue weighted by Crippen LogP contribution is -2.30. The smallest absolute Gasteiger partial charge is 0.306 e. The molecule has 0 radical (unpaired) electrons. The summed E-state index contributed by atoms with van der Waals surface area (Å²) >= 11 is 0. The molecule has 0 N–H and O–H groups in total. The molecule has 0 amide bonds. The largest absolute Gasteiger partial charge is 0.462 e. The molecule has 0 heterocycles. The molecule has 0 saturated carbocycles. The SMILES string of the molecule is CC/C=C\C/C=C\C/C=C\C/C=C\C/C=C\C/C=C\C/C=C\CCCCCC(=O)OCC(COC(=O)CCCCCCCCC)OC(=O)CCCCCCCCC/C=C\C/C=C\CCCCCC. The number of allylic oxidation sites excluding steroid dienone is 18. The molecule has 1 atom stereocenters. The molecule has 0 fully saturated rings. The Balaban J connectivity index is 4.32. The van der Waals surface area contributed by atoms with Crippen LogP contribution >= 0.6 is 0 Å². The van der Waals surface area contributed by atoms with Gasteiger partial charge in [0, 0.05) is 19.3 Å². The first-order valence-corrected chi connectivity index (χ1v) is 27.9. The van der Waals surface area contributed by atoms with Gasteiger partial charge in [0.25, 0.3) is 0 Å². The molecule has 0 spiro atoms. The molecule has 0 aromatic heterocycles. The van der Waals surface area contributed by atoms with Gasteiger partial charge in [-0.15, -0.1) is 0 Å². The Labute approximate surface area is 419 Å². The van der Waals surface area contributed by atoms with Gasteiger partial charge in [0.2, 0.25) is 0 Å². The number of hydrogen-bond donors (Lipinski definition) is 0. The lowest BCUT2D eigenvalue weighted by Gasteiger charge is -2.18. The van der Waals surface area contributed by atoms with Gasteiger partial charge in [-0.3, -0.25) is 14.4 Å². The molecule has 0 aromatic carbocycles. The molecule has 6 heteroatoms. The number of esters is 3. The van der Waals surface area contributed by atoms with Gasteiger partial charge < -0.3 is 14.2 Å². The number of carbonyl (C=O) groups is 3. The van der Waals surface area contributed by atoms with Crippen LogP contribution in [0.3, 0.4) is 0 Å². The lowest BCUT2D eigenvalue weighted by atomic mass is 10.1. The van der Waals surface area contributed by atoms with Gasteiger partial charge >= 0.3 is 17.9 Å². The highest BCUT2D eigenvalue weighted by atomic mass is 16.6. The first-order valence-electron chi connectivity index (χ1n) is 27.9. The van der Waals surface area contributed by atoms with Crippen LogP contribution in [0.25, 0.3) is 0 Å². The van der Waals surface area contributed by atoms with E-state index in [0.29, 0.717) is 19.3 Å². The minimum absolute atomic E-state index is 0.0930. The van der Waals surface area contributed by atoms with Crippen molar-refractivity contribution in [2.24, 2.45) is 0 Å². The zero-order chi connectivity index (χ0) is 49.3. The number of carbonyl (C=O) groups excluding carboxylic acids is 3. The van der Waals surface area contributed by atoms with Crippen molar-refractivity contribution in [1.82, 2.24) is 0 Å². The zero-order valence-electron chi connectivity index (χ0n) is 44.1. The number of ether oxygens (including phenoxy) is 3. The Kier molecular flexibility index (Phi) is 52.4. The highest BCUT2D eigenvalue weighted by molar-refractivity contribution is 5.71. The van der Waals surface area contributed by atoms with E-state index in [4.69, 9.17) is 14.2 Å². The standard InChI is InChI=1S/C62H102O6/c1-4-7-10-13-16-18-20-22-24-26-28-29-30-31-32-33-34-36-37-39-41-43-46-49-52-55-61(64)67-58-59(57-66-60(63)54-51-48-45-15-12-9-6-3)68-62(65)56-53-50-47-44-42-40-38-35-27-25-23-21-19-17-14-11-8-5-2/h7,10,16,18-19,21-22,24-25,27-29,31-32,34,36,39,41,59H,4-6,8-9,11-15,17,20,23,26,30,33,35,37-38,40,42-58H2,1-3H3/b10-7-,18-16-,21-19-,24-22-,27-25-,29-28-,32-31-,36-34-,41-39-. The molecule has 386 valence electrons. The minimum atomic E-state index is -0.795. The van der Waals surface area contributed by atoms with Crippen LogP contribution in [0.2, 0.25) is 0 Å². The monoisotopic (exact) mass is 943 g/mol. The van der Waals surface area contributed by atoms with Crippen LogP contribution in [0.4, 0.5) is 0 Å². The molecule has 0 bridgehead atoms. The van der Waals surface area contributed by atoms with Gasteiger partial charge in [-0.1, -0.05) is 226 Å². The van der Waals surface area contributed by atoms with Crippen molar-refractivity contribution in [3.05, 3.63) is 109 Å². The number of hydrogen-bond acceptors (Lipinski definition) is 6. The summed E-state index contributed by atoms with van der Waals surface area (Å²) in [6, 6.07) is 0. The molecule has 0 aliphatic rings. The van der Waals surface area contributed by atoms with E-state index in [1.807, 2.05) is 0 Å². The summed E-state index contributed by atoms with van der Waals surface area (Å²) in [5, 5.41) is 0. The topological polar surface area (TPSA) is 78.9 Å². The van der Waals surface area contributed by atoms with Crippen LogP contribution in [0, 0.1) is 0 Å². The molecule has 0 aliphatic carbocycles. The fourth-order valence-corrected chi connectivity index (χ4v) is 7.33. The Morgan fingerprint density at radius 1 is 0.309 bits per heavy atom. The van der Waals surface area contributed by atoms with E-state index in [-0.39, 0.29) is 31.1 Å². The van der Waals surface area contributed by atoms with Crippen molar-refractivity contribution in [1.29, 1.82) is 0 Å². The van der Waals surface area contributed by atoms with Gasteiger partial charge in [0.1, 0.15) is 13.2 Å². The average Bonchev–Trinajstić information content (AvgIpc) is 3.34. The van der Waals surface area contributed by atoms with Crippen LogP contribution in [-0.2, 0) is 28.6 Å². The number of rotatable bonds is 49. The Morgan fingerprint density at radius 2 is 0.574 bits per heavy atom. The van der Waals surface area contributed by atoms with Crippen LogP contribution in [0.15, 0.2) is 109 Å². The van der Waals surface area contributed by atoms with Gasteiger partial charge in [-0.25, -0.2) is 0 Å². The Bertz CT molecular complexity index is 1410. The van der Waals surface area contributed by atoms with Crippen LogP contribution in [0.1, 0.15) is 245 Å². The van der Waals surface area contributed by atoms with Gasteiger partial charge in [0.15, 0.2) is 6.10 Å². The predicted molar refractivity (Wildman–Crippen MR) is 293 cm³/mol. The first-order chi connectivity index (χ1) is 33.5. The van der Waals surface area contributed by atoms with Crippen molar-refractivity contribution in [3.63, 3.8) is 0 Å². The third-order valence-corrected chi connectivity index (χ3v) is 11.5. The molecule has 0 aliphatic heterocycles. The predicted octanol–water partition coefficient (Wildman–Crippen LogP) is 18.7. The molecular formula is C62H102O6. The Morgan fingerprint density at radius 3 is 0.926 bits per heavy atom. The van der Waals surface area contributed by atoms with Crippen LogP contribution in [-0.4, -0.2) is 37.2 Å². The lowest BCUT2D eigenvalue weighted by molar-refractivity contribution is -0.167. The Hall–Kier alpha value is -3.93. The molecule has 0 aromatic rings. The van der Waals surface area contributed by atoms with Crippen molar-refractivity contribution < 1.29 is 28.6 Å². The van der Waals surface area contributed by atoms with E-state index in [0.717, 1.165) is 122 Å². The molecular weight excluding hydrogens is 841 g/mol. The van der Waals surface area contributed by atoms with E-state index in [9.17, 15) is 14.4 Å². The quantitative estimate of drug-likeness (QED) is 0.0262. The maximum atomic E-state index is 12.8. The van der Waals surface area contributed by atoms with Gasteiger partial charge in [-0.05, 0) is 109 Å². The molecule has 68 heavy (non-hydrogen) atoms. The fraction of sp³-hybridized carbons (Fsp3) is 0.661. The second kappa shape index (κ2) is 55.7. The highest BCUT2D eigenvalue weighted by Crippen LogP contribution is 2.14. The normalized spacial score (nSPS) is 12.9. The third-order valence-electron chi connectivity index (χ3n) is 11.5. The summed E-state index contributed by atoms with van der Waals surface area (Å²) in [6.45, 7) is 6.42. The second-order valence-electron chi connectivity index (χ2n) is 18.1. The highest BCUT2D eigenvalue weighted by Gasteiger charge is 2.19. The first kappa shape index (κ1) is 64.1. The van der Waals surface area contributed by atoms with Crippen molar-refractivity contribution in [2.75, 3.05) is 13.2 Å². The van der Waals surface area contributed by atoms with E-state index in [1.165, 1.54) is 83.5 Å². The summed E-state index contributed by atoms with van der Waals surface area (Å²) in [5.41, 5.74) is 0. The molecule has 0 rings (SSSR count). The summed E-state index contributed by atoms with van der Waals surface area (Å²) in [5.74, 6) is -0.944. The minimum Gasteiger partial charge on any atom is -0.462 e. The maximum absolute atomic E-state index is 12.8. The number of unbranched alkanes of at least 4 members (excludes halogenated alkanes) is 20. The van der Waals surface area contributed by atoms with E-state index in [2.05, 4.69) is 130 Å². The van der Waals surface area contributed by atoms with Crippen LogP contribution < -0.4 is 0 Å². The third kappa shape index (κ3) is 53.0. The summed E-state index contributed by atoms with van der Waals surface area (Å²) in [6.07, 6.45) is 75.2. The van der Waals surface area contributed by atoms with E-state index >= 15 is 0 Å². The summed E-state index contributed by atoms with van der Waals surface area (Å²) in [7, 11) is 0. The molecule has 6 nitrogen and oxygen atoms in total. The van der Waals surface area contributed by atoms with E-state index in [1.54, 1.807) is 0 Å². The summed E-state index contributed by atoms with van der Waals surface area (Å²) < 4.78 is 16.7. The zero-order valence-corrected chi connectivity index (χ0v) is 44.1. The fourth-order valence-electron chi connectivity index (χ4n) is 7.33. The second-order valence-corrected chi connectivity index (χ2v) is 18.1. The average molecular weight is 943 g/mol.